The molecule has 0 aliphatic carbocycles. The van der Waals surface area contributed by atoms with Gasteiger partial charge in [-0.15, -0.1) is 0 Å². The van der Waals surface area contributed by atoms with Gasteiger partial charge in [0.1, 0.15) is 0 Å². The first-order chi connectivity index (χ1) is 9.05. The Bertz CT molecular complexity index is 432. The first-order valence-corrected chi connectivity index (χ1v) is 8.16. The minimum absolute atomic E-state index is 0.229. The molecule has 1 nitrogen and oxygen atoms in total. The smallest absolute Gasteiger partial charge is 0.193 e. The van der Waals surface area contributed by atoms with Crippen LogP contribution >= 0.6 is 11.8 Å². The Morgan fingerprint density at radius 2 is 1.50 bits per heavy atom. The third-order valence-corrected chi connectivity index (χ3v) is 3.91. The molecule has 0 fully saturated rings. The van der Waals surface area contributed by atoms with Gasteiger partial charge in [0, 0.05) is 11.3 Å². The molecule has 0 aliphatic heterocycles. The molecule has 0 spiro atoms. The van der Waals surface area contributed by atoms with E-state index >= 15 is 0 Å². The van der Waals surface area contributed by atoms with Crippen molar-refractivity contribution in [3.05, 3.63) is 29.8 Å². The Balaban J connectivity index is 2.51. The topological polar surface area (TPSA) is 17.1 Å². The summed E-state index contributed by atoms with van der Waals surface area (Å²) in [6, 6.07) is 8.43. The van der Waals surface area contributed by atoms with Gasteiger partial charge >= 0.3 is 0 Å². The van der Waals surface area contributed by atoms with Gasteiger partial charge in [0.2, 0.25) is 0 Å². The lowest BCUT2D eigenvalue weighted by Crippen LogP contribution is -2.09. The van der Waals surface area contributed by atoms with Crippen molar-refractivity contribution in [2.24, 2.45) is 10.8 Å². The fourth-order valence-electron chi connectivity index (χ4n) is 1.95. The molecule has 1 aromatic carbocycles. The number of carbonyl (C=O) groups is 1. The lowest BCUT2D eigenvalue weighted by Gasteiger charge is -2.18. The van der Waals surface area contributed by atoms with E-state index in [2.05, 4.69) is 65.8 Å². The Kier molecular flexibility index (Phi) is 5.88. The molecule has 0 bridgehead atoms. The van der Waals surface area contributed by atoms with E-state index < -0.39 is 0 Å². The highest BCUT2D eigenvalue weighted by Gasteiger charge is 2.14. The average molecular weight is 292 g/mol. The van der Waals surface area contributed by atoms with E-state index in [1.54, 1.807) is 0 Å². The van der Waals surface area contributed by atoms with E-state index in [1.165, 1.54) is 17.3 Å². The molecule has 0 aromatic heterocycles. The molecule has 0 saturated carbocycles. The number of thioether (sulfide) groups is 1. The Morgan fingerprint density at radius 1 is 0.950 bits per heavy atom. The van der Waals surface area contributed by atoms with Gasteiger partial charge in [0.05, 0.1) is 0 Å². The van der Waals surface area contributed by atoms with E-state index in [9.17, 15) is 4.79 Å². The molecule has 20 heavy (non-hydrogen) atoms. The molecular formula is C18H28OS. The van der Waals surface area contributed by atoms with Crippen LogP contribution in [0.1, 0.15) is 59.9 Å². The first kappa shape index (κ1) is 17.3. The molecule has 0 aliphatic rings. The van der Waals surface area contributed by atoms with Crippen LogP contribution in [0.15, 0.2) is 29.2 Å². The molecular weight excluding hydrogens is 264 g/mol. The molecule has 0 unspecified atom stereocenters. The van der Waals surface area contributed by atoms with Crippen LogP contribution in [-0.4, -0.2) is 5.12 Å². The second-order valence-corrected chi connectivity index (χ2v) is 9.05. The summed E-state index contributed by atoms with van der Waals surface area (Å²) in [5.41, 5.74) is 1.87. The first-order valence-electron chi connectivity index (χ1n) is 7.35. The van der Waals surface area contributed by atoms with Crippen molar-refractivity contribution in [2.75, 3.05) is 0 Å². The van der Waals surface area contributed by atoms with Crippen LogP contribution < -0.4 is 0 Å². The second kappa shape index (κ2) is 6.80. The fourth-order valence-corrected chi connectivity index (χ4v) is 2.69. The predicted molar refractivity (Wildman–Crippen MR) is 89.2 cm³/mol. The number of hydrogen-bond donors (Lipinski definition) is 0. The third kappa shape index (κ3) is 7.74. The molecule has 1 aromatic rings. The molecule has 1 rings (SSSR count). The summed E-state index contributed by atoms with van der Waals surface area (Å²) in [6.45, 7) is 13.2. The van der Waals surface area contributed by atoms with Crippen LogP contribution in [0, 0.1) is 10.8 Å². The Labute approximate surface area is 128 Å². The number of hydrogen-bond acceptors (Lipinski definition) is 2. The lowest BCUT2D eigenvalue weighted by atomic mass is 9.88. The minimum Gasteiger partial charge on any atom is -0.287 e. The monoisotopic (exact) mass is 292 g/mol. The number of benzene rings is 1. The number of rotatable bonds is 4. The second-order valence-electron chi connectivity index (χ2n) is 7.92. The van der Waals surface area contributed by atoms with Crippen LogP contribution in [0.2, 0.25) is 0 Å². The molecule has 0 radical (unpaired) electrons. The molecule has 0 heterocycles. The maximum Gasteiger partial charge on any atom is 0.193 e. The van der Waals surface area contributed by atoms with Crippen LogP contribution in [0.5, 0.6) is 0 Å². The summed E-state index contributed by atoms with van der Waals surface area (Å²) in [7, 11) is 0. The average Bonchev–Trinajstić information content (AvgIpc) is 2.26. The van der Waals surface area contributed by atoms with Gasteiger partial charge in [-0.2, -0.15) is 0 Å². The van der Waals surface area contributed by atoms with Gasteiger partial charge in [-0.25, -0.2) is 0 Å². The van der Waals surface area contributed by atoms with Crippen molar-refractivity contribution >= 4 is 16.9 Å². The van der Waals surface area contributed by atoms with Crippen LogP contribution in [0.4, 0.5) is 0 Å². The zero-order valence-electron chi connectivity index (χ0n) is 13.7. The summed E-state index contributed by atoms with van der Waals surface area (Å²) in [6.07, 6.45) is 2.66. The predicted octanol–water partition coefficient (Wildman–Crippen LogP) is 5.72. The van der Waals surface area contributed by atoms with Crippen LogP contribution in [0.3, 0.4) is 0 Å². The quantitative estimate of drug-likeness (QED) is 0.660. The van der Waals surface area contributed by atoms with Crippen molar-refractivity contribution in [2.45, 2.75) is 65.7 Å². The summed E-state index contributed by atoms with van der Waals surface area (Å²) in [4.78, 5) is 13.0. The van der Waals surface area contributed by atoms with E-state index in [4.69, 9.17) is 0 Å². The molecule has 0 atom stereocenters. The van der Waals surface area contributed by atoms with Crippen molar-refractivity contribution in [1.82, 2.24) is 0 Å². The van der Waals surface area contributed by atoms with Gasteiger partial charge < -0.3 is 0 Å². The summed E-state index contributed by atoms with van der Waals surface area (Å²) in [5, 5.41) is 0.267. The maximum atomic E-state index is 11.9. The van der Waals surface area contributed by atoms with Crippen LogP contribution in [0.25, 0.3) is 0 Å². The highest BCUT2D eigenvalue weighted by Crippen LogP contribution is 2.27. The molecule has 2 heteroatoms. The van der Waals surface area contributed by atoms with Gasteiger partial charge in [-0.3, -0.25) is 4.79 Å². The van der Waals surface area contributed by atoms with E-state index in [1.807, 2.05) is 0 Å². The lowest BCUT2D eigenvalue weighted by molar-refractivity contribution is -0.111. The van der Waals surface area contributed by atoms with E-state index in [0.29, 0.717) is 11.8 Å². The van der Waals surface area contributed by atoms with Crippen molar-refractivity contribution in [1.29, 1.82) is 0 Å². The molecule has 0 saturated heterocycles. The van der Waals surface area contributed by atoms with Gasteiger partial charge in [-0.1, -0.05) is 65.4 Å². The molecule has 112 valence electrons. The largest absolute Gasteiger partial charge is 0.287 e. The van der Waals surface area contributed by atoms with Crippen molar-refractivity contribution in [3.63, 3.8) is 0 Å². The zero-order valence-corrected chi connectivity index (χ0v) is 14.6. The van der Waals surface area contributed by atoms with E-state index in [0.717, 1.165) is 17.7 Å². The Hall–Kier alpha value is -0.760. The normalized spacial score (nSPS) is 12.5. The van der Waals surface area contributed by atoms with E-state index in [-0.39, 0.29) is 10.5 Å². The highest BCUT2D eigenvalue weighted by molar-refractivity contribution is 8.13. The van der Waals surface area contributed by atoms with Crippen molar-refractivity contribution < 1.29 is 4.79 Å². The summed E-state index contributed by atoms with van der Waals surface area (Å²) >= 11 is 1.37. The van der Waals surface area contributed by atoms with Gasteiger partial charge in [-0.05, 0) is 41.4 Å². The summed E-state index contributed by atoms with van der Waals surface area (Å²) < 4.78 is 0. The standard InChI is InChI=1S/C18H28OS/c1-17(2,3)12-11-16(19)20-15-9-7-14(8-10-15)13-18(4,5)6/h7-10H,11-13H2,1-6H3. The third-order valence-electron chi connectivity index (χ3n) is 2.97. The van der Waals surface area contributed by atoms with Crippen LogP contribution in [-0.2, 0) is 11.2 Å². The molecule has 0 N–H and O–H groups in total. The molecule has 0 amide bonds. The number of carbonyl (C=O) groups excluding carboxylic acids is 1. The van der Waals surface area contributed by atoms with Gasteiger partial charge in [0.15, 0.2) is 5.12 Å². The summed E-state index contributed by atoms with van der Waals surface area (Å²) in [5.74, 6) is 0. The highest BCUT2D eigenvalue weighted by atomic mass is 32.2. The zero-order chi connectivity index (χ0) is 15.4. The Morgan fingerprint density at radius 3 is 1.95 bits per heavy atom. The fraction of sp³-hybridized carbons (Fsp3) is 0.611. The SMILES string of the molecule is CC(C)(C)CCC(=O)Sc1ccc(CC(C)(C)C)cc1. The minimum atomic E-state index is 0.229. The maximum absolute atomic E-state index is 11.9. The van der Waals surface area contributed by atoms with Gasteiger partial charge in [0.25, 0.3) is 0 Å². The van der Waals surface area contributed by atoms with Crippen molar-refractivity contribution in [3.8, 4) is 0 Å².